The molecule has 0 spiro atoms. The highest BCUT2D eigenvalue weighted by atomic mass is 35.6. The summed E-state index contributed by atoms with van der Waals surface area (Å²) in [5, 5.41) is 2.16. The first-order chi connectivity index (χ1) is 9.18. The molecule has 1 aromatic rings. The van der Waals surface area contributed by atoms with E-state index in [1.807, 2.05) is 45.0 Å². The van der Waals surface area contributed by atoms with E-state index in [4.69, 9.17) is 34.8 Å². The van der Waals surface area contributed by atoms with Gasteiger partial charge in [-0.05, 0) is 25.0 Å². The number of nitrogens with one attached hydrogen (secondary N) is 1. The molecule has 1 amide bonds. The molecule has 0 aromatic heterocycles. The van der Waals surface area contributed by atoms with Crippen molar-refractivity contribution in [3.05, 3.63) is 29.8 Å². The van der Waals surface area contributed by atoms with Crippen molar-refractivity contribution < 1.29 is 4.79 Å². The average Bonchev–Trinajstić information content (AvgIpc) is 2.28. The van der Waals surface area contributed by atoms with Gasteiger partial charge in [0.25, 0.3) is 0 Å². The molecular formula is C14H18Cl3NOS. The van der Waals surface area contributed by atoms with Crippen molar-refractivity contribution in [3.8, 4) is 0 Å². The highest BCUT2D eigenvalue weighted by Gasteiger charge is 2.34. The van der Waals surface area contributed by atoms with Crippen molar-refractivity contribution >= 4 is 52.5 Å². The van der Waals surface area contributed by atoms with Crippen LogP contribution in [0.25, 0.3) is 0 Å². The molecular weight excluding hydrogens is 337 g/mol. The SMILES string of the molecule is Cc1ccc(SC(NC(=O)CC(C)C)C(Cl)(Cl)Cl)cc1. The zero-order chi connectivity index (χ0) is 15.3. The number of alkyl halides is 3. The summed E-state index contributed by atoms with van der Waals surface area (Å²) in [6.45, 7) is 5.94. The van der Waals surface area contributed by atoms with Crippen molar-refractivity contribution in [1.29, 1.82) is 0 Å². The molecule has 2 nitrogen and oxygen atoms in total. The van der Waals surface area contributed by atoms with Crippen LogP contribution < -0.4 is 5.32 Å². The highest BCUT2D eigenvalue weighted by Crippen LogP contribution is 2.39. The van der Waals surface area contributed by atoms with Crippen LogP contribution in [-0.2, 0) is 4.79 Å². The van der Waals surface area contributed by atoms with Crippen LogP contribution in [0.15, 0.2) is 29.2 Å². The van der Waals surface area contributed by atoms with E-state index in [2.05, 4.69) is 5.32 Å². The molecule has 1 rings (SSSR count). The van der Waals surface area contributed by atoms with Crippen molar-refractivity contribution in [3.63, 3.8) is 0 Å². The van der Waals surface area contributed by atoms with Crippen LogP contribution >= 0.6 is 46.6 Å². The molecule has 0 bridgehead atoms. The van der Waals surface area contributed by atoms with E-state index in [9.17, 15) is 4.79 Å². The molecule has 0 aliphatic heterocycles. The second-order valence-corrected chi connectivity index (χ2v) is 8.57. The minimum atomic E-state index is -1.57. The van der Waals surface area contributed by atoms with E-state index in [1.165, 1.54) is 11.8 Å². The fraction of sp³-hybridized carbons (Fsp3) is 0.500. The topological polar surface area (TPSA) is 29.1 Å². The van der Waals surface area contributed by atoms with Gasteiger partial charge in [-0.15, -0.1) is 0 Å². The third kappa shape index (κ3) is 6.57. The Labute approximate surface area is 139 Å². The largest absolute Gasteiger partial charge is 0.340 e. The number of hydrogen-bond acceptors (Lipinski definition) is 2. The lowest BCUT2D eigenvalue weighted by Crippen LogP contribution is -2.41. The lowest BCUT2D eigenvalue weighted by atomic mass is 10.1. The second kappa shape index (κ2) is 7.79. The number of hydrogen-bond donors (Lipinski definition) is 1. The number of rotatable bonds is 5. The molecule has 1 atom stereocenters. The summed E-state index contributed by atoms with van der Waals surface area (Å²) in [5.41, 5.74) is 1.16. The Kier molecular flexibility index (Phi) is 6.99. The third-order valence-electron chi connectivity index (χ3n) is 2.46. The molecule has 0 heterocycles. The standard InChI is InChI=1S/C14H18Cl3NOS/c1-9(2)8-12(19)18-13(14(15,16)17)20-11-6-4-10(3)5-7-11/h4-7,9,13H,8H2,1-3H3,(H,18,19). The summed E-state index contributed by atoms with van der Waals surface area (Å²) in [6.07, 6.45) is 0.408. The number of carbonyl (C=O) groups excluding carboxylic acids is 1. The van der Waals surface area contributed by atoms with Crippen LogP contribution in [0.3, 0.4) is 0 Å². The van der Waals surface area contributed by atoms with E-state index in [1.54, 1.807) is 0 Å². The molecule has 1 N–H and O–H groups in total. The molecule has 6 heteroatoms. The van der Waals surface area contributed by atoms with E-state index < -0.39 is 9.17 Å². The fourth-order valence-electron chi connectivity index (χ4n) is 1.51. The van der Waals surface area contributed by atoms with Gasteiger partial charge in [0.15, 0.2) is 0 Å². The van der Waals surface area contributed by atoms with Crippen LogP contribution in [0.1, 0.15) is 25.8 Å². The third-order valence-corrected chi connectivity index (χ3v) is 4.75. The number of thioether (sulfide) groups is 1. The fourth-order valence-corrected chi connectivity index (χ4v) is 2.96. The Morgan fingerprint density at radius 3 is 2.25 bits per heavy atom. The Morgan fingerprint density at radius 2 is 1.80 bits per heavy atom. The summed E-state index contributed by atoms with van der Waals surface area (Å²) in [4.78, 5) is 12.8. The highest BCUT2D eigenvalue weighted by molar-refractivity contribution is 8.00. The monoisotopic (exact) mass is 353 g/mol. The Hall–Kier alpha value is -0.0900. The average molecular weight is 355 g/mol. The quantitative estimate of drug-likeness (QED) is 0.460. The van der Waals surface area contributed by atoms with Gasteiger partial charge in [0, 0.05) is 11.3 Å². The zero-order valence-electron chi connectivity index (χ0n) is 11.6. The normalized spacial score (nSPS) is 13.3. The Balaban J connectivity index is 2.75. The molecule has 0 radical (unpaired) electrons. The van der Waals surface area contributed by atoms with Crippen molar-refractivity contribution in [2.75, 3.05) is 0 Å². The van der Waals surface area contributed by atoms with Gasteiger partial charge in [0.2, 0.25) is 9.70 Å². The van der Waals surface area contributed by atoms with Crippen LogP contribution in [0.4, 0.5) is 0 Å². The first-order valence-corrected chi connectivity index (χ1v) is 8.29. The number of halogens is 3. The molecule has 0 fully saturated rings. The number of benzene rings is 1. The van der Waals surface area contributed by atoms with E-state index in [0.717, 1.165) is 10.5 Å². The number of aryl methyl sites for hydroxylation is 1. The van der Waals surface area contributed by atoms with Gasteiger partial charge in [-0.3, -0.25) is 4.79 Å². The van der Waals surface area contributed by atoms with Crippen molar-refractivity contribution in [2.45, 2.75) is 41.3 Å². The lowest BCUT2D eigenvalue weighted by molar-refractivity contribution is -0.121. The maximum absolute atomic E-state index is 11.9. The number of carbonyl (C=O) groups is 1. The molecule has 0 saturated carbocycles. The zero-order valence-corrected chi connectivity index (χ0v) is 14.7. The second-order valence-electron chi connectivity index (χ2n) is 5.02. The molecule has 1 unspecified atom stereocenters. The van der Waals surface area contributed by atoms with Crippen LogP contribution in [-0.4, -0.2) is 15.1 Å². The Bertz CT molecular complexity index is 443. The molecule has 1 aromatic carbocycles. The summed E-state index contributed by atoms with van der Waals surface area (Å²) < 4.78 is -1.57. The van der Waals surface area contributed by atoms with Crippen LogP contribution in [0.5, 0.6) is 0 Å². The Morgan fingerprint density at radius 1 is 1.25 bits per heavy atom. The maximum Gasteiger partial charge on any atom is 0.221 e. The smallest absolute Gasteiger partial charge is 0.221 e. The van der Waals surface area contributed by atoms with Gasteiger partial charge in [0.05, 0.1) is 0 Å². The summed E-state index contributed by atoms with van der Waals surface area (Å²) in [7, 11) is 0. The van der Waals surface area contributed by atoms with Gasteiger partial charge in [-0.2, -0.15) is 0 Å². The van der Waals surface area contributed by atoms with E-state index in [-0.39, 0.29) is 11.8 Å². The minimum Gasteiger partial charge on any atom is -0.340 e. The molecule has 0 aliphatic carbocycles. The van der Waals surface area contributed by atoms with Gasteiger partial charge < -0.3 is 5.32 Å². The van der Waals surface area contributed by atoms with Gasteiger partial charge in [-0.25, -0.2) is 0 Å². The summed E-state index contributed by atoms with van der Waals surface area (Å²) in [5.74, 6) is 0.145. The molecule has 20 heavy (non-hydrogen) atoms. The van der Waals surface area contributed by atoms with Crippen molar-refractivity contribution in [2.24, 2.45) is 5.92 Å². The van der Waals surface area contributed by atoms with Gasteiger partial charge >= 0.3 is 0 Å². The molecule has 0 saturated heterocycles. The maximum atomic E-state index is 11.9. The number of amides is 1. The predicted octanol–water partition coefficient (Wildman–Crippen LogP) is 4.95. The summed E-state index contributed by atoms with van der Waals surface area (Å²) >= 11 is 19.2. The van der Waals surface area contributed by atoms with E-state index in [0.29, 0.717) is 6.42 Å². The first kappa shape index (κ1) is 18.0. The molecule has 0 aliphatic rings. The van der Waals surface area contributed by atoms with Gasteiger partial charge in [-0.1, -0.05) is 78.1 Å². The van der Waals surface area contributed by atoms with Crippen molar-refractivity contribution in [1.82, 2.24) is 5.32 Å². The van der Waals surface area contributed by atoms with Gasteiger partial charge in [0.1, 0.15) is 5.37 Å². The minimum absolute atomic E-state index is 0.115. The van der Waals surface area contributed by atoms with Crippen LogP contribution in [0.2, 0.25) is 0 Å². The first-order valence-electron chi connectivity index (χ1n) is 6.28. The predicted molar refractivity (Wildman–Crippen MR) is 88.7 cm³/mol. The van der Waals surface area contributed by atoms with E-state index >= 15 is 0 Å². The lowest BCUT2D eigenvalue weighted by Gasteiger charge is -2.25. The summed E-state index contributed by atoms with van der Waals surface area (Å²) in [6, 6.07) is 7.84. The van der Waals surface area contributed by atoms with Crippen LogP contribution in [0, 0.1) is 12.8 Å². The molecule has 112 valence electrons.